The smallest absolute Gasteiger partial charge is 0.134 e. The van der Waals surface area contributed by atoms with Crippen LogP contribution >= 0.6 is 11.8 Å². The van der Waals surface area contributed by atoms with Gasteiger partial charge in [-0.25, -0.2) is 9.97 Å². The maximum absolute atomic E-state index is 4.49. The van der Waals surface area contributed by atoms with E-state index in [0.717, 1.165) is 43.7 Å². The highest BCUT2D eigenvalue weighted by Gasteiger charge is 2.20. The molecule has 2 saturated heterocycles. The van der Waals surface area contributed by atoms with Crippen molar-refractivity contribution in [1.82, 2.24) is 9.97 Å². The van der Waals surface area contributed by atoms with E-state index >= 15 is 0 Å². The van der Waals surface area contributed by atoms with Crippen molar-refractivity contribution in [2.45, 2.75) is 26.2 Å². The third-order valence-electron chi connectivity index (χ3n) is 4.49. The highest BCUT2D eigenvalue weighted by Crippen LogP contribution is 2.26. The Morgan fingerprint density at radius 2 is 1.65 bits per heavy atom. The predicted molar refractivity (Wildman–Crippen MR) is 86.8 cm³/mol. The lowest BCUT2D eigenvalue weighted by atomic mass is 9.94. The summed E-state index contributed by atoms with van der Waals surface area (Å²) in [6.07, 6.45) is 5.65. The fourth-order valence-corrected chi connectivity index (χ4v) is 3.95. The number of thioether (sulfide) groups is 1. The van der Waals surface area contributed by atoms with Crippen molar-refractivity contribution in [3.05, 3.63) is 12.4 Å². The Kier molecular flexibility index (Phi) is 4.65. The summed E-state index contributed by atoms with van der Waals surface area (Å²) in [5, 5.41) is 0. The number of hydrogen-bond donors (Lipinski definition) is 0. The van der Waals surface area contributed by atoms with Gasteiger partial charge < -0.3 is 9.80 Å². The number of rotatable bonds is 3. The van der Waals surface area contributed by atoms with Gasteiger partial charge in [-0.15, -0.1) is 0 Å². The molecule has 0 aromatic carbocycles. The minimum absolute atomic E-state index is 0.909. The lowest BCUT2D eigenvalue weighted by Gasteiger charge is -2.33. The molecule has 1 aromatic rings. The fraction of sp³-hybridized carbons (Fsp3) is 0.733. The summed E-state index contributed by atoms with van der Waals surface area (Å²) in [6, 6.07) is 2.18. The summed E-state index contributed by atoms with van der Waals surface area (Å²) in [5.74, 6) is 5.55. The molecule has 0 saturated carbocycles. The van der Waals surface area contributed by atoms with Gasteiger partial charge >= 0.3 is 0 Å². The van der Waals surface area contributed by atoms with Crippen molar-refractivity contribution in [2.75, 3.05) is 47.5 Å². The summed E-state index contributed by atoms with van der Waals surface area (Å²) in [5.41, 5.74) is 0. The Balaban J connectivity index is 1.68. The Morgan fingerprint density at radius 1 is 1.05 bits per heavy atom. The first kappa shape index (κ1) is 14.0. The first-order valence-electron chi connectivity index (χ1n) is 7.76. The van der Waals surface area contributed by atoms with E-state index in [4.69, 9.17) is 0 Å². The summed E-state index contributed by atoms with van der Waals surface area (Å²) >= 11 is 2.03. The molecule has 0 aliphatic carbocycles. The van der Waals surface area contributed by atoms with E-state index < -0.39 is 0 Å². The van der Waals surface area contributed by atoms with Crippen LogP contribution < -0.4 is 9.80 Å². The maximum atomic E-state index is 4.49. The molecule has 0 N–H and O–H groups in total. The lowest BCUT2D eigenvalue weighted by molar-refractivity contribution is 0.393. The number of piperidine rings is 1. The van der Waals surface area contributed by atoms with Crippen molar-refractivity contribution >= 4 is 23.4 Å². The van der Waals surface area contributed by atoms with Crippen LogP contribution in [0, 0.1) is 5.92 Å². The van der Waals surface area contributed by atoms with Crippen LogP contribution in [0.15, 0.2) is 12.4 Å². The van der Waals surface area contributed by atoms with Gasteiger partial charge in [0.2, 0.25) is 0 Å². The van der Waals surface area contributed by atoms with Gasteiger partial charge in [0.1, 0.15) is 18.0 Å². The molecule has 0 spiro atoms. The van der Waals surface area contributed by atoms with Gasteiger partial charge in [0, 0.05) is 43.8 Å². The minimum Gasteiger partial charge on any atom is -0.356 e. The van der Waals surface area contributed by atoms with Gasteiger partial charge in [-0.05, 0) is 18.8 Å². The van der Waals surface area contributed by atoms with Crippen LogP contribution in [-0.4, -0.2) is 47.7 Å². The van der Waals surface area contributed by atoms with Gasteiger partial charge in [0.05, 0.1) is 0 Å². The normalized spacial score (nSPS) is 21.2. The van der Waals surface area contributed by atoms with Gasteiger partial charge in [0.25, 0.3) is 0 Å². The fourth-order valence-electron chi connectivity index (χ4n) is 3.05. The van der Waals surface area contributed by atoms with Crippen molar-refractivity contribution in [3.63, 3.8) is 0 Å². The van der Waals surface area contributed by atoms with Gasteiger partial charge in [-0.3, -0.25) is 0 Å². The van der Waals surface area contributed by atoms with Gasteiger partial charge in [0.15, 0.2) is 0 Å². The van der Waals surface area contributed by atoms with E-state index in [9.17, 15) is 0 Å². The maximum Gasteiger partial charge on any atom is 0.134 e. The molecule has 0 bridgehead atoms. The van der Waals surface area contributed by atoms with Crippen LogP contribution in [0.25, 0.3) is 0 Å². The van der Waals surface area contributed by atoms with Crippen molar-refractivity contribution < 1.29 is 0 Å². The van der Waals surface area contributed by atoms with Crippen LogP contribution in [0.2, 0.25) is 0 Å². The predicted octanol–water partition coefficient (Wildman–Crippen LogP) is 2.66. The Morgan fingerprint density at radius 3 is 2.25 bits per heavy atom. The van der Waals surface area contributed by atoms with Crippen LogP contribution in [-0.2, 0) is 0 Å². The first-order valence-corrected chi connectivity index (χ1v) is 8.92. The molecule has 2 aliphatic heterocycles. The molecule has 5 heteroatoms. The molecule has 3 heterocycles. The number of hydrogen-bond acceptors (Lipinski definition) is 5. The average molecular weight is 292 g/mol. The van der Waals surface area contributed by atoms with Gasteiger partial charge in [-0.2, -0.15) is 11.8 Å². The summed E-state index contributed by atoms with van der Waals surface area (Å²) < 4.78 is 0. The van der Waals surface area contributed by atoms with E-state index in [-0.39, 0.29) is 0 Å². The van der Waals surface area contributed by atoms with Crippen LogP contribution in [0.4, 0.5) is 11.6 Å². The second kappa shape index (κ2) is 6.66. The molecular weight excluding hydrogens is 268 g/mol. The lowest BCUT2D eigenvalue weighted by Crippen LogP contribution is -2.35. The molecule has 0 radical (unpaired) electrons. The second-order valence-electron chi connectivity index (χ2n) is 5.67. The molecule has 110 valence electrons. The van der Waals surface area contributed by atoms with E-state index in [0.29, 0.717) is 0 Å². The summed E-state index contributed by atoms with van der Waals surface area (Å²) in [7, 11) is 0. The third-order valence-corrected chi connectivity index (χ3v) is 5.43. The molecule has 3 rings (SSSR count). The standard InChI is InChI=1S/C15H24N4S/c1-2-13-3-5-18(6-4-13)14-11-15(17-12-16-14)19-7-9-20-10-8-19/h11-13H,2-10H2,1H3. The van der Waals surface area contributed by atoms with E-state index in [2.05, 4.69) is 32.8 Å². The highest BCUT2D eigenvalue weighted by atomic mass is 32.2. The van der Waals surface area contributed by atoms with Crippen molar-refractivity contribution in [2.24, 2.45) is 5.92 Å². The Bertz CT molecular complexity index is 426. The number of anilines is 2. The molecule has 0 amide bonds. The van der Waals surface area contributed by atoms with E-state index in [1.165, 1.54) is 30.8 Å². The molecule has 20 heavy (non-hydrogen) atoms. The van der Waals surface area contributed by atoms with E-state index in [1.807, 2.05) is 11.8 Å². The summed E-state index contributed by atoms with van der Waals surface area (Å²) in [6.45, 7) is 6.81. The molecule has 0 atom stereocenters. The molecule has 4 nitrogen and oxygen atoms in total. The number of nitrogens with zero attached hydrogens (tertiary/aromatic N) is 4. The highest BCUT2D eigenvalue weighted by molar-refractivity contribution is 7.99. The zero-order valence-electron chi connectivity index (χ0n) is 12.3. The third kappa shape index (κ3) is 3.19. The molecule has 2 aliphatic rings. The Hall–Kier alpha value is -0.970. The molecule has 0 unspecified atom stereocenters. The molecular formula is C15H24N4S. The average Bonchev–Trinajstić information content (AvgIpc) is 2.56. The molecule has 1 aromatic heterocycles. The SMILES string of the molecule is CCC1CCN(c2cc(N3CCSCC3)ncn2)CC1. The second-order valence-corrected chi connectivity index (χ2v) is 6.90. The van der Waals surface area contributed by atoms with Crippen molar-refractivity contribution in [1.29, 1.82) is 0 Å². The van der Waals surface area contributed by atoms with E-state index in [1.54, 1.807) is 6.33 Å². The molecule has 2 fully saturated rings. The quantitative estimate of drug-likeness (QED) is 0.855. The van der Waals surface area contributed by atoms with Gasteiger partial charge in [-0.1, -0.05) is 13.3 Å². The van der Waals surface area contributed by atoms with Crippen LogP contribution in [0.1, 0.15) is 26.2 Å². The monoisotopic (exact) mass is 292 g/mol. The van der Waals surface area contributed by atoms with Crippen LogP contribution in [0.3, 0.4) is 0 Å². The zero-order valence-corrected chi connectivity index (χ0v) is 13.1. The summed E-state index contributed by atoms with van der Waals surface area (Å²) in [4.78, 5) is 13.8. The largest absolute Gasteiger partial charge is 0.356 e. The first-order chi connectivity index (χ1) is 9.86. The zero-order chi connectivity index (χ0) is 13.8. The minimum atomic E-state index is 0.909. The van der Waals surface area contributed by atoms with Crippen LogP contribution in [0.5, 0.6) is 0 Å². The Labute approximate surface area is 126 Å². The van der Waals surface area contributed by atoms with Crippen molar-refractivity contribution in [3.8, 4) is 0 Å². The topological polar surface area (TPSA) is 32.3 Å². The number of aromatic nitrogens is 2.